The minimum atomic E-state index is -3.93. The lowest BCUT2D eigenvalue weighted by Gasteiger charge is -2.08. The van der Waals surface area contributed by atoms with Crippen molar-refractivity contribution >= 4 is 37.6 Å². The third-order valence-corrected chi connectivity index (χ3v) is 3.87. The third kappa shape index (κ3) is 3.09. The monoisotopic (exact) mass is 345 g/mol. The van der Waals surface area contributed by atoms with E-state index in [1.165, 1.54) is 18.3 Å². The maximum Gasteiger partial charge on any atom is 0.266 e. The summed E-state index contributed by atoms with van der Waals surface area (Å²) in [5.41, 5.74) is 5.09. The number of nitrogens with one attached hydrogen (secondary N) is 2. The van der Waals surface area contributed by atoms with Crippen LogP contribution in [0.5, 0.6) is 0 Å². The van der Waals surface area contributed by atoms with Crippen LogP contribution in [0.3, 0.4) is 0 Å². The highest BCUT2D eigenvalue weighted by molar-refractivity contribution is 9.10. The average molecular weight is 346 g/mol. The van der Waals surface area contributed by atoms with Gasteiger partial charge in [0.25, 0.3) is 15.6 Å². The third-order valence-electron chi connectivity index (χ3n) is 2.06. The number of H-pyrrole nitrogens is 1. The number of pyridine rings is 1. The Morgan fingerprint density at radius 2 is 2.11 bits per heavy atom. The number of rotatable bonds is 3. The Balaban J connectivity index is 2.40. The van der Waals surface area contributed by atoms with Crippen LogP contribution in [0.4, 0.5) is 11.6 Å². The lowest BCUT2D eigenvalue weighted by Crippen LogP contribution is -2.18. The van der Waals surface area contributed by atoms with Gasteiger partial charge in [-0.1, -0.05) is 0 Å². The number of sulfonamides is 1. The summed E-state index contributed by atoms with van der Waals surface area (Å²) in [5, 5.41) is 5.65. The van der Waals surface area contributed by atoms with E-state index in [4.69, 9.17) is 5.73 Å². The molecule has 0 aromatic carbocycles. The van der Waals surface area contributed by atoms with Crippen molar-refractivity contribution in [2.24, 2.45) is 0 Å². The van der Waals surface area contributed by atoms with E-state index >= 15 is 0 Å². The molecular weight excluding hydrogens is 338 g/mol. The van der Waals surface area contributed by atoms with Gasteiger partial charge in [0.1, 0.15) is 10.7 Å². The van der Waals surface area contributed by atoms with E-state index < -0.39 is 15.6 Å². The molecule has 0 unspecified atom stereocenters. The minimum absolute atomic E-state index is 0.0287. The van der Waals surface area contributed by atoms with Gasteiger partial charge in [-0.3, -0.25) is 9.52 Å². The van der Waals surface area contributed by atoms with Crippen LogP contribution in [0.2, 0.25) is 0 Å². The molecule has 0 aliphatic rings. The van der Waals surface area contributed by atoms with Gasteiger partial charge in [-0.2, -0.15) is 5.10 Å². The fourth-order valence-electron chi connectivity index (χ4n) is 1.24. The molecule has 0 saturated carbocycles. The van der Waals surface area contributed by atoms with Gasteiger partial charge in [-0.15, -0.1) is 0 Å². The summed E-state index contributed by atoms with van der Waals surface area (Å²) < 4.78 is 26.8. The molecular formula is C9H8BrN5O3S. The predicted octanol–water partition coefficient (Wildman–Crippen LogP) is 0.310. The normalized spacial score (nSPS) is 11.2. The molecule has 0 atom stereocenters. The van der Waals surface area contributed by atoms with Crippen LogP contribution in [-0.2, 0) is 10.0 Å². The minimum Gasteiger partial charge on any atom is -0.383 e. The van der Waals surface area contributed by atoms with Gasteiger partial charge in [0.15, 0.2) is 5.82 Å². The Morgan fingerprint density at radius 3 is 2.74 bits per heavy atom. The van der Waals surface area contributed by atoms with Crippen LogP contribution in [-0.4, -0.2) is 23.6 Å². The van der Waals surface area contributed by atoms with Crippen molar-refractivity contribution in [3.05, 3.63) is 39.2 Å². The Bertz CT molecular complexity index is 753. The van der Waals surface area contributed by atoms with Crippen molar-refractivity contribution in [2.75, 3.05) is 10.5 Å². The zero-order valence-electron chi connectivity index (χ0n) is 9.29. The Labute approximate surface area is 116 Å². The highest BCUT2D eigenvalue weighted by Crippen LogP contribution is 2.22. The molecule has 2 aromatic rings. The van der Waals surface area contributed by atoms with Gasteiger partial charge in [0, 0.05) is 16.7 Å². The Kier molecular flexibility index (Phi) is 3.53. The summed E-state index contributed by atoms with van der Waals surface area (Å²) in [5.74, 6) is -0.167. The van der Waals surface area contributed by atoms with Crippen molar-refractivity contribution in [2.45, 2.75) is 4.90 Å². The first-order valence-corrected chi connectivity index (χ1v) is 7.16. The van der Waals surface area contributed by atoms with Gasteiger partial charge < -0.3 is 5.73 Å². The van der Waals surface area contributed by atoms with Crippen molar-refractivity contribution in [1.82, 2.24) is 15.2 Å². The highest BCUT2D eigenvalue weighted by Gasteiger charge is 2.19. The lowest BCUT2D eigenvalue weighted by molar-refractivity contribution is 0.601. The van der Waals surface area contributed by atoms with Crippen molar-refractivity contribution < 1.29 is 8.42 Å². The standard InChI is InChI=1S/C9H8BrN5O3S/c10-5-3-6(9(11)12-4-5)19(17,18)15-7-1-2-8(16)14-13-7/h1-4H,(H2,11,12)(H,13,15)(H,14,16). The van der Waals surface area contributed by atoms with E-state index in [0.29, 0.717) is 4.47 Å². The number of nitrogens with two attached hydrogens (primary N) is 1. The molecule has 0 amide bonds. The largest absolute Gasteiger partial charge is 0.383 e. The van der Waals surface area contributed by atoms with Crippen LogP contribution in [0.25, 0.3) is 0 Å². The fourth-order valence-corrected chi connectivity index (χ4v) is 2.83. The second kappa shape index (κ2) is 4.97. The van der Waals surface area contributed by atoms with Crippen LogP contribution in [0.15, 0.2) is 38.6 Å². The van der Waals surface area contributed by atoms with Gasteiger partial charge in [-0.05, 0) is 28.1 Å². The maximum absolute atomic E-state index is 12.1. The lowest BCUT2D eigenvalue weighted by atomic mass is 10.5. The van der Waals surface area contributed by atoms with E-state index in [1.54, 1.807) is 0 Å². The van der Waals surface area contributed by atoms with Gasteiger partial charge >= 0.3 is 0 Å². The molecule has 2 rings (SSSR count). The Hall–Kier alpha value is -1.94. The van der Waals surface area contributed by atoms with E-state index in [1.807, 2.05) is 0 Å². The molecule has 0 radical (unpaired) electrons. The van der Waals surface area contributed by atoms with E-state index in [0.717, 1.165) is 6.07 Å². The summed E-state index contributed by atoms with van der Waals surface area (Å²) in [7, 11) is -3.93. The van der Waals surface area contributed by atoms with Crippen molar-refractivity contribution in [3.63, 3.8) is 0 Å². The van der Waals surface area contributed by atoms with Gasteiger partial charge in [-0.25, -0.2) is 18.5 Å². The molecule has 0 bridgehead atoms. The number of anilines is 2. The van der Waals surface area contributed by atoms with Crippen LogP contribution in [0, 0.1) is 0 Å². The highest BCUT2D eigenvalue weighted by atomic mass is 79.9. The number of aromatic amines is 1. The predicted molar refractivity (Wildman–Crippen MR) is 72.0 cm³/mol. The summed E-state index contributed by atoms with van der Waals surface area (Å²) in [4.78, 5) is 14.4. The van der Waals surface area contributed by atoms with Crippen LogP contribution in [0.1, 0.15) is 0 Å². The molecule has 10 heteroatoms. The van der Waals surface area contributed by atoms with Gasteiger partial charge in [0.05, 0.1) is 0 Å². The number of hydrogen-bond acceptors (Lipinski definition) is 6. The molecule has 0 aliphatic carbocycles. The summed E-state index contributed by atoms with van der Waals surface area (Å²) in [6.07, 6.45) is 1.38. The molecule has 0 fully saturated rings. The van der Waals surface area contributed by atoms with Gasteiger partial charge in [0.2, 0.25) is 0 Å². The fraction of sp³-hybridized carbons (Fsp3) is 0. The summed E-state index contributed by atoms with van der Waals surface area (Å²) in [6, 6.07) is 3.70. The SMILES string of the molecule is Nc1ncc(Br)cc1S(=O)(=O)Nc1ccc(=O)[nH]n1. The smallest absolute Gasteiger partial charge is 0.266 e. The number of aromatic nitrogens is 3. The molecule has 0 spiro atoms. The zero-order valence-corrected chi connectivity index (χ0v) is 11.7. The number of nitrogen functional groups attached to an aromatic ring is 1. The van der Waals surface area contributed by atoms with Crippen LogP contribution >= 0.6 is 15.9 Å². The molecule has 0 saturated heterocycles. The summed E-state index contributed by atoms with van der Waals surface area (Å²) in [6.45, 7) is 0. The molecule has 19 heavy (non-hydrogen) atoms. The molecule has 100 valence electrons. The van der Waals surface area contributed by atoms with Crippen molar-refractivity contribution in [3.8, 4) is 0 Å². The first-order valence-electron chi connectivity index (χ1n) is 4.88. The van der Waals surface area contributed by atoms with E-state index in [9.17, 15) is 13.2 Å². The molecule has 2 aromatic heterocycles. The quantitative estimate of drug-likeness (QED) is 0.733. The summed E-state index contributed by atoms with van der Waals surface area (Å²) >= 11 is 3.11. The molecule has 0 aliphatic heterocycles. The average Bonchev–Trinajstić information content (AvgIpc) is 2.35. The topological polar surface area (TPSA) is 131 Å². The Morgan fingerprint density at radius 1 is 1.37 bits per heavy atom. The number of halogens is 1. The maximum atomic E-state index is 12.1. The molecule has 8 nitrogen and oxygen atoms in total. The second-order valence-electron chi connectivity index (χ2n) is 3.45. The first kappa shape index (κ1) is 13.5. The van der Waals surface area contributed by atoms with Crippen molar-refractivity contribution in [1.29, 1.82) is 0 Å². The second-order valence-corrected chi connectivity index (χ2v) is 6.02. The first-order chi connectivity index (χ1) is 8.88. The van der Waals surface area contributed by atoms with E-state index in [2.05, 4.69) is 35.8 Å². The van der Waals surface area contributed by atoms with E-state index in [-0.39, 0.29) is 16.5 Å². The number of nitrogens with zero attached hydrogens (tertiary/aromatic N) is 2. The van der Waals surface area contributed by atoms with Crippen LogP contribution < -0.4 is 16.0 Å². The molecule has 4 N–H and O–H groups in total. The number of hydrogen-bond donors (Lipinski definition) is 3. The zero-order chi connectivity index (χ0) is 14.0. The molecule has 2 heterocycles.